The minimum absolute atomic E-state index is 0.0619. The quantitative estimate of drug-likeness (QED) is 0.356. The number of imidazole rings is 1. The van der Waals surface area contributed by atoms with Crippen LogP contribution in [0.3, 0.4) is 0 Å². The summed E-state index contributed by atoms with van der Waals surface area (Å²) in [4.78, 5) is 8.46. The fourth-order valence-electron chi connectivity index (χ4n) is 1.57. The van der Waals surface area contributed by atoms with Crippen LogP contribution in [0.1, 0.15) is 18.3 Å². The molecule has 0 spiro atoms. The molecule has 0 saturated carbocycles. The Bertz CT molecular complexity index is 546. The van der Waals surface area contributed by atoms with Crippen molar-refractivity contribution < 1.29 is 5.21 Å². The van der Waals surface area contributed by atoms with Crippen molar-refractivity contribution in [3.63, 3.8) is 0 Å². The van der Waals surface area contributed by atoms with E-state index < -0.39 is 0 Å². The lowest BCUT2D eigenvalue weighted by Crippen LogP contribution is -2.14. The number of nitrogens with zero attached hydrogens (tertiary/aromatic N) is 4. The predicted molar refractivity (Wildman–Crippen MR) is 63.2 cm³/mol. The van der Waals surface area contributed by atoms with Gasteiger partial charge in [0.05, 0.1) is 0 Å². The maximum absolute atomic E-state index is 8.63. The highest BCUT2D eigenvalue weighted by Crippen LogP contribution is 2.10. The molecule has 0 aliphatic heterocycles. The molecule has 0 aliphatic rings. The van der Waals surface area contributed by atoms with Crippen molar-refractivity contribution in [3.05, 3.63) is 42.1 Å². The zero-order chi connectivity index (χ0) is 12.3. The van der Waals surface area contributed by atoms with E-state index >= 15 is 0 Å². The van der Waals surface area contributed by atoms with E-state index in [9.17, 15) is 0 Å². The van der Waals surface area contributed by atoms with Crippen LogP contribution in [-0.2, 0) is 6.42 Å². The Hall–Kier alpha value is -2.37. The normalized spacial score (nSPS) is 11.7. The number of oxime groups is 1. The van der Waals surface area contributed by atoms with Crippen molar-refractivity contribution in [2.24, 2.45) is 10.9 Å². The molecule has 6 heteroatoms. The Morgan fingerprint density at radius 2 is 2.29 bits per heavy atom. The zero-order valence-corrected chi connectivity index (χ0v) is 9.41. The van der Waals surface area contributed by atoms with Gasteiger partial charge in [0.1, 0.15) is 11.6 Å². The number of amidine groups is 1. The second kappa shape index (κ2) is 4.65. The molecular weight excluding hydrogens is 218 g/mol. The Morgan fingerprint density at radius 3 is 3.00 bits per heavy atom. The van der Waals surface area contributed by atoms with Gasteiger partial charge in [-0.1, -0.05) is 12.1 Å². The van der Waals surface area contributed by atoms with Crippen molar-refractivity contribution in [2.45, 2.75) is 13.3 Å². The van der Waals surface area contributed by atoms with Gasteiger partial charge in [-0.05, 0) is 12.1 Å². The smallest absolute Gasteiger partial charge is 0.170 e. The SMILES string of the molecule is CCc1nccn1-c1cc(/C(N)=N/O)ccn1. The highest BCUT2D eigenvalue weighted by Gasteiger charge is 2.06. The summed E-state index contributed by atoms with van der Waals surface area (Å²) in [6.07, 6.45) is 5.97. The predicted octanol–water partition coefficient (Wildman–Crippen LogP) is 0.924. The molecule has 0 radical (unpaired) electrons. The Kier molecular flexibility index (Phi) is 3.04. The highest BCUT2D eigenvalue weighted by molar-refractivity contribution is 5.97. The van der Waals surface area contributed by atoms with Gasteiger partial charge in [0.25, 0.3) is 0 Å². The molecule has 2 rings (SSSR count). The van der Waals surface area contributed by atoms with E-state index in [0.717, 1.165) is 12.2 Å². The third-order valence-electron chi connectivity index (χ3n) is 2.43. The highest BCUT2D eigenvalue weighted by atomic mass is 16.4. The average molecular weight is 231 g/mol. The van der Waals surface area contributed by atoms with Crippen LogP contribution in [0.2, 0.25) is 0 Å². The Labute approximate surface area is 98.4 Å². The molecule has 0 unspecified atom stereocenters. The van der Waals surface area contributed by atoms with Crippen LogP contribution in [0.25, 0.3) is 5.82 Å². The third kappa shape index (κ3) is 2.10. The maximum atomic E-state index is 8.63. The molecule has 0 bridgehead atoms. The fourth-order valence-corrected chi connectivity index (χ4v) is 1.57. The fraction of sp³-hybridized carbons (Fsp3) is 0.182. The van der Waals surface area contributed by atoms with Crippen LogP contribution in [0.15, 0.2) is 35.9 Å². The minimum Gasteiger partial charge on any atom is -0.409 e. The third-order valence-corrected chi connectivity index (χ3v) is 2.43. The standard InChI is InChI=1S/C11H13N5O/c1-2-9-14-5-6-16(9)10-7-8(3-4-13-10)11(12)15-17/h3-7,17H,2H2,1H3,(H2,12,15). The van der Waals surface area contributed by atoms with Crippen LogP contribution < -0.4 is 5.73 Å². The first-order chi connectivity index (χ1) is 8.26. The van der Waals surface area contributed by atoms with Crippen LogP contribution in [-0.4, -0.2) is 25.6 Å². The van der Waals surface area contributed by atoms with Crippen LogP contribution >= 0.6 is 0 Å². The summed E-state index contributed by atoms with van der Waals surface area (Å²) in [5, 5.41) is 11.6. The van der Waals surface area contributed by atoms with Gasteiger partial charge in [-0.15, -0.1) is 0 Å². The number of hydrogen-bond acceptors (Lipinski definition) is 4. The van der Waals surface area contributed by atoms with Gasteiger partial charge in [-0.2, -0.15) is 0 Å². The van der Waals surface area contributed by atoms with Gasteiger partial charge in [-0.25, -0.2) is 9.97 Å². The molecule has 0 amide bonds. The maximum Gasteiger partial charge on any atom is 0.170 e. The van der Waals surface area contributed by atoms with Crippen molar-refractivity contribution in [2.75, 3.05) is 0 Å². The second-order valence-corrected chi connectivity index (χ2v) is 3.45. The van der Waals surface area contributed by atoms with Crippen molar-refractivity contribution >= 4 is 5.84 Å². The van der Waals surface area contributed by atoms with E-state index in [0.29, 0.717) is 11.4 Å². The minimum atomic E-state index is 0.0619. The van der Waals surface area contributed by atoms with E-state index in [1.165, 1.54) is 0 Å². The van der Waals surface area contributed by atoms with Crippen molar-refractivity contribution in [1.82, 2.24) is 14.5 Å². The first-order valence-electron chi connectivity index (χ1n) is 5.22. The molecule has 2 aromatic rings. The first kappa shape index (κ1) is 11.1. The molecule has 6 nitrogen and oxygen atoms in total. The van der Waals surface area contributed by atoms with Gasteiger partial charge in [0, 0.05) is 30.6 Å². The Balaban J connectivity index is 2.47. The van der Waals surface area contributed by atoms with Crippen molar-refractivity contribution in [3.8, 4) is 5.82 Å². The van der Waals surface area contributed by atoms with Crippen molar-refractivity contribution in [1.29, 1.82) is 0 Å². The lowest BCUT2D eigenvalue weighted by Gasteiger charge is -2.06. The summed E-state index contributed by atoms with van der Waals surface area (Å²) < 4.78 is 1.87. The molecular formula is C11H13N5O. The van der Waals surface area contributed by atoms with E-state index in [1.807, 2.05) is 17.7 Å². The summed E-state index contributed by atoms with van der Waals surface area (Å²) in [7, 11) is 0. The average Bonchev–Trinajstić information content (AvgIpc) is 2.86. The summed E-state index contributed by atoms with van der Waals surface area (Å²) in [6, 6.07) is 3.43. The molecule has 17 heavy (non-hydrogen) atoms. The summed E-state index contributed by atoms with van der Waals surface area (Å²) >= 11 is 0. The van der Waals surface area contributed by atoms with E-state index in [-0.39, 0.29) is 5.84 Å². The number of pyridine rings is 1. The lowest BCUT2D eigenvalue weighted by atomic mass is 10.2. The number of nitrogens with two attached hydrogens (primary N) is 1. The topological polar surface area (TPSA) is 89.3 Å². The Morgan fingerprint density at radius 1 is 1.47 bits per heavy atom. The second-order valence-electron chi connectivity index (χ2n) is 3.45. The number of aryl methyl sites for hydroxylation is 1. The van der Waals surface area contributed by atoms with Crippen LogP contribution in [0.4, 0.5) is 0 Å². The van der Waals surface area contributed by atoms with Gasteiger partial charge in [-0.3, -0.25) is 4.57 Å². The summed E-state index contributed by atoms with van der Waals surface area (Å²) in [5.74, 6) is 1.67. The molecule has 0 fully saturated rings. The molecule has 2 aromatic heterocycles. The zero-order valence-electron chi connectivity index (χ0n) is 9.41. The molecule has 2 heterocycles. The first-order valence-corrected chi connectivity index (χ1v) is 5.22. The van der Waals surface area contributed by atoms with Gasteiger partial charge < -0.3 is 10.9 Å². The largest absolute Gasteiger partial charge is 0.409 e. The van der Waals surface area contributed by atoms with Crippen LogP contribution in [0.5, 0.6) is 0 Å². The number of aromatic nitrogens is 3. The van der Waals surface area contributed by atoms with Gasteiger partial charge >= 0.3 is 0 Å². The molecule has 0 aliphatic carbocycles. The van der Waals surface area contributed by atoms with Crippen LogP contribution in [0, 0.1) is 0 Å². The molecule has 0 saturated heterocycles. The summed E-state index contributed by atoms with van der Waals surface area (Å²) in [5.41, 5.74) is 6.15. The van der Waals surface area contributed by atoms with E-state index in [1.54, 1.807) is 24.5 Å². The molecule has 88 valence electrons. The monoisotopic (exact) mass is 231 g/mol. The number of hydrogen-bond donors (Lipinski definition) is 2. The van der Waals surface area contributed by atoms with Gasteiger partial charge in [0.15, 0.2) is 5.84 Å². The van der Waals surface area contributed by atoms with E-state index in [4.69, 9.17) is 10.9 Å². The van der Waals surface area contributed by atoms with Gasteiger partial charge in [0.2, 0.25) is 0 Å². The van der Waals surface area contributed by atoms with E-state index in [2.05, 4.69) is 15.1 Å². The number of rotatable bonds is 3. The molecule has 0 aromatic carbocycles. The summed E-state index contributed by atoms with van der Waals surface area (Å²) in [6.45, 7) is 2.02. The molecule has 3 N–H and O–H groups in total. The molecule has 0 atom stereocenters. The lowest BCUT2D eigenvalue weighted by molar-refractivity contribution is 0.318.